The van der Waals surface area contributed by atoms with Crippen molar-refractivity contribution < 1.29 is 9.94 Å². The highest BCUT2D eigenvalue weighted by Crippen LogP contribution is 2.29. The average molecular weight is 221 g/mol. The first-order valence-corrected chi connectivity index (χ1v) is 5.31. The van der Waals surface area contributed by atoms with Crippen molar-refractivity contribution >= 4 is 5.84 Å². The van der Waals surface area contributed by atoms with Crippen LogP contribution in [0.25, 0.3) is 0 Å². The van der Waals surface area contributed by atoms with E-state index in [1.807, 2.05) is 12.1 Å². The van der Waals surface area contributed by atoms with Gasteiger partial charge in [-0.1, -0.05) is 11.2 Å². The van der Waals surface area contributed by atoms with Gasteiger partial charge in [-0.15, -0.1) is 0 Å². The number of amidine groups is 1. The number of aromatic nitrogens is 1. The van der Waals surface area contributed by atoms with Gasteiger partial charge in [0.05, 0.1) is 6.61 Å². The molecular weight excluding hydrogens is 206 g/mol. The fourth-order valence-corrected chi connectivity index (χ4v) is 1.45. The molecule has 0 saturated heterocycles. The normalized spacial score (nSPS) is 16.4. The molecule has 1 fully saturated rings. The lowest BCUT2D eigenvalue weighted by Gasteiger charge is -2.07. The van der Waals surface area contributed by atoms with Crippen LogP contribution in [0.3, 0.4) is 0 Å². The second-order valence-electron chi connectivity index (χ2n) is 3.95. The van der Waals surface area contributed by atoms with Gasteiger partial charge >= 0.3 is 0 Å². The number of hydrogen-bond donors (Lipinski definition) is 2. The smallest absolute Gasteiger partial charge is 0.189 e. The SMILES string of the molecule is NC(=NO)c1ncccc1COCC1CC1. The molecule has 86 valence electrons. The standard InChI is InChI=1S/C11H15N3O2/c12-11(14-15)10-9(2-1-5-13-10)7-16-6-8-3-4-8/h1-2,5,8,15H,3-4,6-7H2,(H2,12,14). The van der Waals surface area contributed by atoms with Gasteiger partial charge in [-0.2, -0.15) is 0 Å². The monoisotopic (exact) mass is 221 g/mol. The van der Waals surface area contributed by atoms with Crippen molar-refractivity contribution in [3.63, 3.8) is 0 Å². The maximum Gasteiger partial charge on any atom is 0.189 e. The molecule has 0 aromatic carbocycles. The van der Waals surface area contributed by atoms with Crippen LogP contribution < -0.4 is 5.73 Å². The predicted molar refractivity (Wildman–Crippen MR) is 59.1 cm³/mol. The third-order valence-electron chi connectivity index (χ3n) is 2.55. The summed E-state index contributed by atoms with van der Waals surface area (Å²) in [5, 5.41) is 11.6. The third kappa shape index (κ3) is 2.70. The van der Waals surface area contributed by atoms with Gasteiger partial charge in [0.25, 0.3) is 0 Å². The van der Waals surface area contributed by atoms with E-state index in [0.717, 1.165) is 18.1 Å². The Bertz CT molecular complexity index is 389. The summed E-state index contributed by atoms with van der Waals surface area (Å²) in [6.45, 7) is 1.24. The average Bonchev–Trinajstić information content (AvgIpc) is 3.13. The second-order valence-corrected chi connectivity index (χ2v) is 3.95. The van der Waals surface area contributed by atoms with E-state index in [1.165, 1.54) is 12.8 Å². The maximum absolute atomic E-state index is 8.62. The molecular formula is C11H15N3O2. The largest absolute Gasteiger partial charge is 0.409 e. The van der Waals surface area contributed by atoms with Crippen LogP contribution in [0.1, 0.15) is 24.1 Å². The summed E-state index contributed by atoms with van der Waals surface area (Å²) >= 11 is 0. The van der Waals surface area contributed by atoms with E-state index < -0.39 is 0 Å². The zero-order chi connectivity index (χ0) is 11.4. The van der Waals surface area contributed by atoms with Crippen LogP contribution in [0.4, 0.5) is 0 Å². The lowest BCUT2D eigenvalue weighted by atomic mass is 10.2. The maximum atomic E-state index is 8.62. The van der Waals surface area contributed by atoms with E-state index in [4.69, 9.17) is 15.7 Å². The number of pyridine rings is 1. The van der Waals surface area contributed by atoms with Crippen molar-refractivity contribution in [2.75, 3.05) is 6.61 Å². The van der Waals surface area contributed by atoms with Gasteiger partial charge in [0.1, 0.15) is 5.69 Å². The van der Waals surface area contributed by atoms with Crippen LogP contribution >= 0.6 is 0 Å². The molecule has 0 bridgehead atoms. The van der Waals surface area contributed by atoms with Gasteiger partial charge in [0, 0.05) is 18.4 Å². The zero-order valence-corrected chi connectivity index (χ0v) is 8.97. The molecule has 0 aliphatic heterocycles. The lowest BCUT2D eigenvalue weighted by Crippen LogP contribution is -2.18. The number of rotatable bonds is 5. The molecule has 1 heterocycles. The van der Waals surface area contributed by atoms with Gasteiger partial charge in [0.2, 0.25) is 0 Å². The minimum Gasteiger partial charge on any atom is -0.409 e. The predicted octanol–water partition coefficient (Wildman–Crippen LogP) is 1.10. The van der Waals surface area contributed by atoms with Crippen LogP contribution in [-0.4, -0.2) is 22.6 Å². The molecule has 0 radical (unpaired) electrons. The van der Waals surface area contributed by atoms with Crippen molar-refractivity contribution in [1.29, 1.82) is 0 Å². The van der Waals surface area contributed by atoms with Crippen molar-refractivity contribution in [2.45, 2.75) is 19.4 Å². The Morgan fingerprint density at radius 2 is 2.44 bits per heavy atom. The van der Waals surface area contributed by atoms with E-state index in [2.05, 4.69) is 10.1 Å². The number of oxime groups is 1. The van der Waals surface area contributed by atoms with Crippen molar-refractivity contribution in [3.05, 3.63) is 29.6 Å². The minimum atomic E-state index is 0.0191. The molecule has 0 unspecified atom stereocenters. The molecule has 1 aromatic heterocycles. The van der Waals surface area contributed by atoms with E-state index >= 15 is 0 Å². The van der Waals surface area contributed by atoms with Crippen LogP contribution in [0.15, 0.2) is 23.5 Å². The van der Waals surface area contributed by atoms with Crippen LogP contribution in [0.5, 0.6) is 0 Å². The number of nitrogens with zero attached hydrogens (tertiary/aromatic N) is 2. The molecule has 1 aromatic rings. The molecule has 0 amide bonds. The van der Waals surface area contributed by atoms with Gasteiger partial charge in [0.15, 0.2) is 5.84 Å². The molecule has 2 rings (SSSR count). The fraction of sp³-hybridized carbons (Fsp3) is 0.455. The Kier molecular flexibility index (Phi) is 3.36. The molecule has 3 N–H and O–H groups in total. The first kappa shape index (κ1) is 10.9. The van der Waals surface area contributed by atoms with Gasteiger partial charge < -0.3 is 15.7 Å². The van der Waals surface area contributed by atoms with Crippen molar-refractivity contribution in [2.24, 2.45) is 16.8 Å². The van der Waals surface area contributed by atoms with Crippen molar-refractivity contribution in [1.82, 2.24) is 4.98 Å². The number of ether oxygens (including phenoxy) is 1. The van der Waals surface area contributed by atoms with Gasteiger partial charge in [-0.05, 0) is 24.8 Å². The summed E-state index contributed by atoms with van der Waals surface area (Å²) in [4.78, 5) is 4.07. The second kappa shape index (κ2) is 4.94. The minimum absolute atomic E-state index is 0.0191. The van der Waals surface area contributed by atoms with Crippen molar-refractivity contribution in [3.8, 4) is 0 Å². The summed E-state index contributed by atoms with van der Waals surface area (Å²) in [7, 11) is 0. The van der Waals surface area contributed by atoms with Crippen LogP contribution in [0, 0.1) is 5.92 Å². The van der Waals surface area contributed by atoms with Crippen LogP contribution in [0.2, 0.25) is 0 Å². The Morgan fingerprint density at radius 3 is 3.12 bits per heavy atom. The molecule has 1 saturated carbocycles. The first-order valence-electron chi connectivity index (χ1n) is 5.31. The lowest BCUT2D eigenvalue weighted by molar-refractivity contribution is 0.111. The first-order chi connectivity index (χ1) is 7.81. The molecule has 0 atom stereocenters. The van der Waals surface area contributed by atoms with E-state index in [-0.39, 0.29) is 5.84 Å². The highest BCUT2D eigenvalue weighted by molar-refractivity contribution is 5.96. The summed E-state index contributed by atoms with van der Waals surface area (Å²) in [5.41, 5.74) is 6.85. The molecule has 1 aliphatic rings. The molecule has 0 spiro atoms. The number of hydrogen-bond acceptors (Lipinski definition) is 4. The van der Waals surface area contributed by atoms with E-state index in [1.54, 1.807) is 6.20 Å². The summed E-state index contributed by atoms with van der Waals surface area (Å²) in [6.07, 6.45) is 4.14. The Hall–Kier alpha value is -1.62. The summed E-state index contributed by atoms with van der Waals surface area (Å²) in [5.74, 6) is 0.745. The molecule has 16 heavy (non-hydrogen) atoms. The Balaban J connectivity index is 2.00. The zero-order valence-electron chi connectivity index (χ0n) is 8.97. The topological polar surface area (TPSA) is 80.7 Å². The van der Waals surface area contributed by atoms with E-state index in [0.29, 0.717) is 12.3 Å². The summed E-state index contributed by atoms with van der Waals surface area (Å²) < 4.78 is 5.55. The molecule has 5 heteroatoms. The fourth-order valence-electron chi connectivity index (χ4n) is 1.45. The van der Waals surface area contributed by atoms with Gasteiger partial charge in [-0.25, -0.2) is 0 Å². The Morgan fingerprint density at radius 1 is 1.62 bits per heavy atom. The van der Waals surface area contributed by atoms with E-state index in [9.17, 15) is 0 Å². The molecule has 1 aliphatic carbocycles. The number of nitrogens with two attached hydrogens (primary N) is 1. The van der Waals surface area contributed by atoms with Crippen LogP contribution in [-0.2, 0) is 11.3 Å². The highest BCUT2D eigenvalue weighted by Gasteiger charge is 2.21. The summed E-state index contributed by atoms with van der Waals surface area (Å²) in [6, 6.07) is 3.68. The molecule has 5 nitrogen and oxygen atoms in total. The van der Waals surface area contributed by atoms with Gasteiger partial charge in [-0.3, -0.25) is 4.98 Å². The highest BCUT2D eigenvalue weighted by atomic mass is 16.5. The quantitative estimate of drug-likeness (QED) is 0.338. The third-order valence-corrected chi connectivity index (χ3v) is 2.55. The Labute approximate surface area is 93.9 Å².